The van der Waals surface area contributed by atoms with Gasteiger partial charge in [-0.05, 0) is 115 Å². The Labute approximate surface area is 265 Å². The van der Waals surface area contributed by atoms with Crippen LogP contribution in [0.1, 0.15) is 171 Å². The number of aryl methyl sites for hydroxylation is 4. The fourth-order valence-corrected chi connectivity index (χ4v) is 7.49. The molecule has 1 aliphatic heterocycles. The third kappa shape index (κ3) is 8.17. The molecule has 0 aromatic heterocycles. The summed E-state index contributed by atoms with van der Waals surface area (Å²) in [5.74, 6) is 0. The molecule has 3 rings (SSSR count). The molecule has 1 heterocycles. The molecule has 0 spiro atoms. The Bertz CT molecular complexity index is 1240. The molecule has 2 aromatic rings. The van der Waals surface area contributed by atoms with E-state index >= 15 is 0 Å². The topological polar surface area (TPSA) is 25.3 Å². The Morgan fingerprint density at radius 2 is 0.930 bits per heavy atom. The Balaban J connectivity index is 2.23. The van der Waals surface area contributed by atoms with Crippen LogP contribution in [-0.4, -0.2) is 4.70 Å². The van der Waals surface area contributed by atoms with Crippen molar-refractivity contribution in [1.29, 1.82) is 0 Å². The Morgan fingerprint density at radius 1 is 0.442 bits per heavy atom. The predicted octanol–water partition coefficient (Wildman–Crippen LogP) is 12.6. The summed E-state index contributed by atoms with van der Waals surface area (Å²) in [6.07, 6.45) is 19.6. The van der Waals surface area contributed by atoms with Gasteiger partial charge >= 0.3 is 0 Å². The highest BCUT2D eigenvalue weighted by Crippen LogP contribution is 2.45. The van der Waals surface area contributed by atoms with E-state index in [2.05, 4.69) is 79.7 Å². The molecule has 2 aromatic carbocycles. The first-order valence-electron chi connectivity index (χ1n) is 18.2. The molecule has 236 valence electrons. The smallest absolute Gasteiger partial charge is 0.211 e. The molecule has 0 aliphatic carbocycles. The first-order valence-corrected chi connectivity index (χ1v) is 18.2. The minimum Gasteiger partial charge on any atom is -0.493 e. The van der Waals surface area contributed by atoms with E-state index in [0.29, 0.717) is 0 Å². The normalized spacial score (nSPS) is 13.6. The molecular formula is C41H62N2. The number of hydrogen-bond acceptors (Lipinski definition) is 0. The van der Waals surface area contributed by atoms with E-state index in [0.717, 1.165) is 75.6 Å². The summed E-state index contributed by atoms with van der Waals surface area (Å²) in [5, 5.41) is 0. The zero-order chi connectivity index (χ0) is 31.4. The molecule has 0 fully saturated rings. The second-order valence-electron chi connectivity index (χ2n) is 12.7. The minimum atomic E-state index is 0.928. The maximum absolute atomic E-state index is 12.3. The molecule has 0 bridgehead atoms. The van der Waals surface area contributed by atoms with Crippen LogP contribution in [0.4, 0.5) is 0 Å². The fraction of sp³-hybridized carbons (Fsp3) is 0.610. The first kappa shape index (κ1) is 35.0. The van der Waals surface area contributed by atoms with Crippen molar-refractivity contribution in [3.63, 3.8) is 0 Å². The zero-order valence-corrected chi connectivity index (χ0v) is 29.2. The summed E-state index contributed by atoms with van der Waals surface area (Å²) >= 11 is 0. The van der Waals surface area contributed by atoms with Crippen molar-refractivity contribution in [1.82, 2.24) is 0 Å². The minimum absolute atomic E-state index is 0.928. The monoisotopic (exact) mass is 582 g/mol. The quantitative estimate of drug-likeness (QED) is 0.116. The maximum Gasteiger partial charge on any atom is 0.211 e. The molecule has 2 nitrogen and oxygen atoms in total. The summed E-state index contributed by atoms with van der Waals surface area (Å²) in [7, 11) is 0. The highest BCUT2D eigenvalue weighted by molar-refractivity contribution is 5.83. The SMILES string of the molecule is CCCCCCCCC1=C(c2cc(CCC)c(CCC)c(CCC)c2)[N+](=[N-])C(c2cc(CC)c(CC)c(CC)c2)=C1CC. The van der Waals surface area contributed by atoms with E-state index < -0.39 is 0 Å². The number of allylic oxidation sites excluding steroid dienone is 2. The van der Waals surface area contributed by atoms with Gasteiger partial charge in [0.15, 0.2) is 0 Å². The van der Waals surface area contributed by atoms with Crippen molar-refractivity contribution in [2.24, 2.45) is 0 Å². The lowest BCUT2D eigenvalue weighted by Gasteiger charge is -2.18. The number of hydrogen-bond donors (Lipinski definition) is 0. The molecule has 0 N–H and O–H groups in total. The van der Waals surface area contributed by atoms with Gasteiger partial charge in [-0.15, -0.1) is 0 Å². The molecule has 43 heavy (non-hydrogen) atoms. The molecule has 2 heteroatoms. The van der Waals surface area contributed by atoms with E-state index in [1.807, 2.05) is 0 Å². The average molecular weight is 583 g/mol. The van der Waals surface area contributed by atoms with E-state index in [1.54, 1.807) is 10.3 Å². The molecule has 0 radical (unpaired) electrons. The summed E-state index contributed by atoms with van der Waals surface area (Å²) in [6, 6.07) is 9.65. The van der Waals surface area contributed by atoms with Crippen molar-refractivity contribution in [3.05, 3.63) is 85.5 Å². The largest absolute Gasteiger partial charge is 0.493 e. The molecule has 1 aliphatic rings. The highest BCUT2D eigenvalue weighted by atomic mass is 15.2. The predicted molar refractivity (Wildman–Crippen MR) is 189 cm³/mol. The number of unbranched alkanes of at least 4 members (excludes halogenated alkanes) is 5. The van der Waals surface area contributed by atoms with E-state index in [-0.39, 0.29) is 0 Å². The van der Waals surface area contributed by atoms with Crippen LogP contribution in [0.3, 0.4) is 0 Å². The molecule has 0 atom stereocenters. The number of benzene rings is 2. The Kier molecular flexibility index (Phi) is 14.4. The van der Waals surface area contributed by atoms with Crippen LogP contribution in [-0.2, 0) is 38.5 Å². The van der Waals surface area contributed by atoms with E-state index in [9.17, 15) is 5.53 Å². The molecule has 0 amide bonds. The summed E-state index contributed by atoms with van der Waals surface area (Å²) in [6.45, 7) is 18.3. The standard InChI is InChI=1S/C41H62N2/c1-9-17-18-19-20-21-25-39-37(16-8)40(34-26-30(13-5)36(15-7)31(14-6)27-34)43(42)41(39)35-28-32(22-10-2)38(24-12-4)33(29-35)23-11-3/h26-29H,9-25H2,1-8H3. The maximum atomic E-state index is 12.3. The average Bonchev–Trinajstić information content (AvgIpc) is 3.30. The summed E-state index contributed by atoms with van der Waals surface area (Å²) < 4.78 is 1.62. The van der Waals surface area contributed by atoms with Crippen molar-refractivity contribution >= 4 is 11.4 Å². The van der Waals surface area contributed by atoms with Gasteiger partial charge in [0.05, 0.1) is 0 Å². The van der Waals surface area contributed by atoms with Crippen LogP contribution < -0.4 is 0 Å². The van der Waals surface area contributed by atoms with Crippen LogP contribution in [0.25, 0.3) is 16.9 Å². The van der Waals surface area contributed by atoms with E-state index in [4.69, 9.17) is 0 Å². The lowest BCUT2D eigenvalue weighted by molar-refractivity contribution is -0.345. The van der Waals surface area contributed by atoms with Gasteiger partial charge in [-0.25, -0.2) is 4.70 Å². The second kappa shape index (κ2) is 17.7. The summed E-state index contributed by atoms with van der Waals surface area (Å²) in [4.78, 5) is 0. The van der Waals surface area contributed by atoms with Crippen LogP contribution in [0.15, 0.2) is 35.4 Å². The van der Waals surface area contributed by atoms with Gasteiger partial charge in [0.25, 0.3) is 0 Å². The Morgan fingerprint density at radius 3 is 1.40 bits per heavy atom. The van der Waals surface area contributed by atoms with Crippen molar-refractivity contribution in [2.45, 2.75) is 165 Å². The van der Waals surface area contributed by atoms with Gasteiger partial charge in [0.2, 0.25) is 11.4 Å². The lowest BCUT2D eigenvalue weighted by Crippen LogP contribution is -2.08. The van der Waals surface area contributed by atoms with Gasteiger partial charge in [-0.2, -0.15) is 0 Å². The Hall–Kier alpha value is -2.48. The van der Waals surface area contributed by atoms with Crippen molar-refractivity contribution in [2.75, 3.05) is 0 Å². The lowest BCUT2D eigenvalue weighted by atomic mass is 9.87. The van der Waals surface area contributed by atoms with Crippen molar-refractivity contribution < 1.29 is 4.70 Å². The molecule has 0 unspecified atom stereocenters. The fourth-order valence-electron chi connectivity index (χ4n) is 7.49. The third-order valence-corrected chi connectivity index (χ3v) is 9.56. The van der Waals surface area contributed by atoms with Crippen molar-refractivity contribution in [3.8, 4) is 0 Å². The highest BCUT2D eigenvalue weighted by Gasteiger charge is 2.35. The zero-order valence-electron chi connectivity index (χ0n) is 29.2. The first-order chi connectivity index (χ1) is 20.9. The van der Waals surface area contributed by atoms with Crippen LogP contribution in [0.2, 0.25) is 0 Å². The van der Waals surface area contributed by atoms with E-state index in [1.165, 1.54) is 95.0 Å². The second-order valence-corrected chi connectivity index (χ2v) is 12.7. The molecular weight excluding hydrogens is 520 g/mol. The molecule has 0 saturated heterocycles. The van der Waals surface area contributed by atoms with Crippen LogP contribution >= 0.6 is 0 Å². The molecule has 0 saturated carbocycles. The van der Waals surface area contributed by atoms with Gasteiger partial charge in [-0.1, -0.05) is 107 Å². The van der Waals surface area contributed by atoms with Gasteiger partial charge in [0.1, 0.15) is 0 Å². The van der Waals surface area contributed by atoms with Crippen LogP contribution in [0, 0.1) is 0 Å². The van der Waals surface area contributed by atoms with Gasteiger partial charge < -0.3 is 5.53 Å². The third-order valence-electron chi connectivity index (χ3n) is 9.56. The van der Waals surface area contributed by atoms with Gasteiger partial charge in [-0.3, -0.25) is 0 Å². The number of nitrogens with zero attached hydrogens (tertiary/aromatic N) is 2. The number of rotatable bonds is 19. The van der Waals surface area contributed by atoms with Gasteiger partial charge in [0, 0.05) is 22.3 Å². The summed E-state index contributed by atoms with van der Waals surface area (Å²) in [5.41, 5.74) is 28.4. The van der Waals surface area contributed by atoms with Crippen LogP contribution in [0.5, 0.6) is 0 Å².